The number of pyridine rings is 1. The van der Waals surface area contributed by atoms with Crippen molar-refractivity contribution in [3.05, 3.63) is 48.3 Å². The molecule has 0 bridgehead atoms. The first kappa shape index (κ1) is 10.9. The predicted octanol–water partition coefficient (Wildman–Crippen LogP) is 2.61. The first-order valence-electron chi connectivity index (χ1n) is 5.81. The number of oxazole rings is 1. The minimum Gasteiger partial charge on any atom is -0.436 e. The molecule has 0 fully saturated rings. The van der Waals surface area contributed by atoms with E-state index in [1.165, 1.54) is 5.56 Å². The smallest absolute Gasteiger partial charge is 0.227 e. The molecule has 0 saturated heterocycles. The van der Waals surface area contributed by atoms with Gasteiger partial charge < -0.3 is 9.73 Å². The molecular weight excluding hydrogens is 226 g/mol. The Morgan fingerprint density at radius 2 is 2.00 bits per heavy atom. The van der Waals surface area contributed by atoms with Gasteiger partial charge in [-0.05, 0) is 36.9 Å². The Bertz CT molecular complexity index is 661. The maximum atomic E-state index is 5.73. The van der Waals surface area contributed by atoms with Gasteiger partial charge in [0.05, 0.1) is 0 Å². The number of hydrogen-bond donors (Lipinski definition) is 1. The number of benzene rings is 1. The molecule has 0 aliphatic heterocycles. The summed E-state index contributed by atoms with van der Waals surface area (Å²) in [7, 11) is 1.93. The average molecular weight is 239 g/mol. The summed E-state index contributed by atoms with van der Waals surface area (Å²) in [5.41, 5.74) is 3.83. The van der Waals surface area contributed by atoms with E-state index in [9.17, 15) is 0 Å². The summed E-state index contributed by atoms with van der Waals surface area (Å²) < 4.78 is 5.73. The van der Waals surface area contributed by atoms with Crippen LogP contribution in [0, 0.1) is 0 Å². The van der Waals surface area contributed by atoms with Gasteiger partial charge in [0.25, 0.3) is 0 Å². The molecule has 0 saturated carbocycles. The fraction of sp³-hybridized carbons (Fsp3) is 0.143. The lowest BCUT2D eigenvalue weighted by molar-refractivity contribution is 0.619. The molecule has 0 amide bonds. The molecule has 0 atom stereocenters. The molecule has 0 spiro atoms. The number of fused-ring (bicyclic) bond motifs is 1. The van der Waals surface area contributed by atoms with E-state index in [2.05, 4.69) is 15.3 Å². The zero-order chi connectivity index (χ0) is 12.4. The van der Waals surface area contributed by atoms with E-state index in [1.54, 1.807) is 12.4 Å². The van der Waals surface area contributed by atoms with Crippen molar-refractivity contribution in [3.63, 3.8) is 0 Å². The summed E-state index contributed by atoms with van der Waals surface area (Å²) in [6.45, 7) is 0.827. The summed E-state index contributed by atoms with van der Waals surface area (Å²) in [4.78, 5) is 8.49. The second kappa shape index (κ2) is 4.58. The van der Waals surface area contributed by atoms with Crippen LogP contribution < -0.4 is 5.32 Å². The van der Waals surface area contributed by atoms with Gasteiger partial charge in [-0.2, -0.15) is 0 Å². The van der Waals surface area contributed by atoms with Gasteiger partial charge in [0.1, 0.15) is 5.52 Å². The van der Waals surface area contributed by atoms with Crippen molar-refractivity contribution < 1.29 is 4.42 Å². The van der Waals surface area contributed by atoms with Crippen molar-refractivity contribution in [3.8, 4) is 11.5 Å². The van der Waals surface area contributed by atoms with Crippen LogP contribution >= 0.6 is 0 Å². The average Bonchev–Trinajstić information content (AvgIpc) is 2.83. The van der Waals surface area contributed by atoms with Gasteiger partial charge in [0.15, 0.2) is 5.58 Å². The highest BCUT2D eigenvalue weighted by Gasteiger charge is 2.08. The molecule has 90 valence electrons. The van der Waals surface area contributed by atoms with Crippen LogP contribution in [0.15, 0.2) is 47.1 Å². The molecule has 4 nitrogen and oxygen atoms in total. The van der Waals surface area contributed by atoms with E-state index in [-0.39, 0.29) is 0 Å². The van der Waals surface area contributed by atoms with Crippen LogP contribution in [0.3, 0.4) is 0 Å². The third kappa shape index (κ3) is 1.98. The third-order valence-electron chi connectivity index (χ3n) is 2.76. The van der Waals surface area contributed by atoms with Gasteiger partial charge in [-0.1, -0.05) is 6.07 Å². The van der Waals surface area contributed by atoms with Crippen molar-refractivity contribution >= 4 is 11.1 Å². The molecule has 0 aliphatic carbocycles. The summed E-state index contributed by atoms with van der Waals surface area (Å²) in [5.74, 6) is 0.633. The second-order valence-corrected chi connectivity index (χ2v) is 4.09. The van der Waals surface area contributed by atoms with E-state index in [4.69, 9.17) is 4.42 Å². The summed E-state index contributed by atoms with van der Waals surface area (Å²) in [6.07, 6.45) is 3.47. The Kier molecular flexibility index (Phi) is 2.78. The minimum atomic E-state index is 0.633. The van der Waals surface area contributed by atoms with Crippen LogP contribution in [-0.2, 0) is 6.54 Å². The first-order valence-corrected chi connectivity index (χ1v) is 5.81. The second-order valence-electron chi connectivity index (χ2n) is 4.09. The highest BCUT2D eigenvalue weighted by molar-refractivity contribution is 5.76. The Morgan fingerprint density at radius 3 is 2.78 bits per heavy atom. The summed E-state index contributed by atoms with van der Waals surface area (Å²) >= 11 is 0. The number of aromatic nitrogens is 2. The molecule has 18 heavy (non-hydrogen) atoms. The molecule has 3 rings (SSSR count). The molecule has 0 aliphatic rings. The lowest BCUT2D eigenvalue weighted by Crippen LogP contribution is -2.04. The highest BCUT2D eigenvalue weighted by Crippen LogP contribution is 2.24. The summed E-state index contributed by atoms with van der Waals surface area (Å²) in [6, 6.07) is 9.82. The van der Waals surface area contributed by atoms with E-state index in [0.717, 1.165) is 23.2 Å². The molecule has 1 N–H and O–H groups in total. The topological polar surface area (TPSA) is 51.0 Å². The van der Waals surface area contributed by atoms with Gasteiger partial charge in [0, 0.05) is 24.5 Å². The zero-order valence-electron chi connectivity index (χ0n) is 10.1. The quantitative estimate of drug-likeness (QED) is 0.763. The van der Waals surface area contributed by atoms with Crippen LogP contribution in [0.2, 0.25) is 0 Å². The van der Waals surface area contributed by atoms with Crippen molar-refractivity contribution in [2.24, 2.45) is 0 Å². The van der Waals surface area contributed by atoms with Crippen molar-refractivity contribution in [1.82, 2.24) is 15.3 Å². The Hall–Kier alpha value is -2.20. The predicted molar refractivity (Wildman–Crippen MR) is 70.0 cm³/mol. The maximum absolute atomic E-state index is 5.73. The van der Waals surface area contributed by atoms with Crippen molar-refractivity contribution in [2.45, 2.75) is 6.54 Å². The van der Waals surface area contributed by atoms with E-state index < -0.39 is 0 Å². The molecule has 2 heterocycles. The highest BCUT2D eigenvalue weighted by atomic mass is 16.3. The SMILES string of the molecule is CNCc1ccc2oc(-c3ccncc3)nc2c1. The standard InChI is InChI=1S/C14H13N3O/c1-15-9-10-2-3-13-12(8-10)17-14(18-13)11-4-6-16-7-5-11/h2-8,15H,9H2,1H3. The molecule has 3 aromatic rings. The monoisotopic (exact) mass is 239 g/mol. The first-order chi connectivity index (χ1) is 8.86. The van der Waals surface area contributed by atoms with Crippen LogP contribution in [0.25, 0.3) is 22.6 Å². The number of rotatable bonds is 3. The zero-order valence-corrected chi connectivity index (χ0v) is 10.1. The molecule has 1 aromatic carbocycles. The van der Waals surface area contributed by atoms with Crippen LogP contribution in [0.5, 0.6) is 0 Å². The van der Waals surface area contributed by atoms with Gasteiger partial charge >= 0.3 is 0 Å². The van der Waals surface area contributed by atoms with Gasteiger partial charge in [-0.3, -0.25) is 4.98 Å². The Balaban J connectivity index is 2.06. The fourth-order valence-corrected chi connectivity index (χ4v) is 1.91. The van der Waals surface area contributed by atoms with Gasteiger partial charge in [-0.25, -0.2) is 4.98 Å². The molecule has 0 radical (unpaired) electrons. The van der Waals surface area contributed by atoms with Crippen molar-refractivity contribution in [2.75, 3.05) is 7.05 Å². The van der Waals surface area contributed by atoms with E-state index in [0.29, 0.717) is 5.89 Å². The molecular formula is C14H13N3O. The number of nitrogens with zero attached hydrogens (tertiary/aromatic N) is 2. The van der Waals surface area contributed by atoms with Crippen LogP contribution in [0.4, 0.5) is 0 Å². The van der Waals surface area contributed by atoms with Gasteiger partial charge in [-0.15, -0.1) is 0 Å². The molecule has 2 aromatic heterocycles. The third-order valence-corrected chi connectivity index (χ3v) is 2.76. The fourth-order valence-electron chi connectivity index (χ4n) is 1.91. The number of hydrogen-bond acceptors (Lipinski definition) is 4. The van der Waals surface area contributed by atoms with Crippen molar-refractivity contribution in [1.29, 1.82) is 0 Å². The largest absolute Gasteiger partial charge is 0.436 e. The van der Waals surface area contributed by atoms with E-state index in [1.807, 2.05) is 37.4 Å². The Labute approximate surface area is 105 Å². The summed E-state index contributed by atoms with van der Waals surface area (Å²) in [5, 5.41) is 3.12. The number of nitrogens with one attached hydrogen (secondary N) is 1. The maximum Gasteiger partial charge on any atom is 0.227 e. The minimum absolute atomic E-state index is 0.633. The normalized spacial score (nSPS) is 10.9. The van der Waals surface area contributed by atoms with E-state index >= 15 is 0 Å². The molecule has 0 unspecified atom stereocenters. The Morgan fingerprint density at radius 1 is 1.17 bits per heavy atom. The van der Waals surface area contributed by atoms with Gasteiger partial charge in [0.2, 0.25) is 5.89 Å². The lowest BCUT2D eigenvalue weighted by Gasteiger charge is -1.97. The molecule has 4 heteroatoms. The van der Waals surface area contributed by atoms with Crippen LogP contribution in [-0.4, -0.2) is 17.0 Å². The lowest BCUT2D eigenvalue weighted by atomic mass is 10.2. The van der Waals surface area contributed by atoms with Crippen LogP contribution in [0.1, 0.15) is 5.56 Å².